The number of hydrogen-bond acceptors (Lipinski definition) is 4. The summed E-state index contributed by atoms with van der Waals surface area (Å²) in [5.74, 6) is -0.469. The molecule has 2 aromatic heterocycles. The molecule has 0 fully saturated rings. The molecule has 0 atom stereocenters. The third kappa shape index (κ3) is 2.98. The largest absolute Gasteiger partial charge is 0.322 e. The molecule has 0 saturated heterocycles. The highest BCUT2D eigenvalue weighted by atomic mass is 35.5. The van der Waals surface area contributed by atoms with Crippen molar-refractivity contribution in [2.45, 2.75) is 0 Å². The predicted octanol–water partition coefficient (Wildman–Crippen LogP) is 1.23. The number of rotatable bonds is 4. The molecule has 2 aromatic rings. The van der Waals surface area contributed by atoms with Crippen molar-refractivity contribution in [3.05, 3.63) is 46.4 Å². The van der Waals surface area contributed by atoms with Crippen LogP contribution >= 0.6 is 23.7 Å². The molecule has 5 nitrogen and oxygen atoms in total. The van der Waals surface area contributed by atoms with E-state index in [0.29, 0.717) is 10.6 Å². The molecule has 0 unspecified atom stereocenters. The van der Waals surface area contributed by atoms with Crippen LogP contribution in [0, 0.1) is 0 Å². The van der Waals surface area contributed by atoms with Gasteiger partial charge < -0.3 is 5.73 Å². The van der Waals surface area contributed by atoms with Gasteiger partial charge in [-0.2, -0.15) is 0 Å². The van der Waals surface area contributed by atoms with E-state index >= 15 is 0 Å². The minimum atomic E-state index is -0.346. The summed E-state index contributed by atoms with van der Waals surface area (Å²) >= 11 is 1.36. The van der Waals surface area contributed by atoms with E-state index < -0.39 is 0 Å². The van der Waals surface area contributed by atoms with Crippen LogP contribution in [0.15, 0.2) is 35.8 Å². The number of carbonyl (C=O) groups is 2. The number of hydrogen-bond donors (Lipinski definition) is 2. The Hall–Kier alpha value is -1.63. The van der Waals surface area contributed by atoms with E-state index in [2.05, 4.69) is 5.43 Å². The second kappa shape index (κ2) is 6.34. The fraction of sp³-hybridized carbons (Fsp3) is 0.0909. The predicted molar refractivity (Wildman–Crippen MR) is 72.9 cm³/mol. The van der Waals surface area contributed by atoms with Gasteiger partial charge in [0.25, 0.3) is 5.91 Å². The van der Waals surface area contributed by atoms with Crippen molar-refractivity contribution in [3.8, 4) is 0 Å². The first kappa shape index (κ1) is 14.4. The molecule has 7 heteroatoms. The van der Waals surface area contributed by atoms with Gasteiger partial charge in [0.1, 0.15) is 5.69 Å². The zero-order chi connectivity index (χ0) is 12.3. The number of ketones is 1. The molecule has 0 aromatic carbocycles. The van der Waals surface area contributed by atoms with Crippen molar-refractivity contribution in [1.29, 1.82) is 0 Å². The van der Waals surface area contributed by atoms with Gasteiger partial charge in [-0.25, -0.2) is 0 Å². The third-order valence-corrected chi connectivity index (χ3v) is 3.03. The maximum atomic E-state index is 12.1. The van der Waals surface area contributed by atoms with Crippen molar-refractivity contribution in [2.75, 3.05) is 12.0 Å². The lowest BCUT2D eigenvalue weighted by Gasteiger charge is -2.08. The monoisotopic (exact) mass is 285 g/mol. The molecule has 96 valence electrons. The van der Waals surface area contributed by atoms with Crippen LogP contribution in [0.4, 0.5) is 0 Å². The van der Waals surface area contributed by atoms with Crippen molar-refractivity contribution < 1.29 is 9.59 Å². The molecule has 0 radical (unpaired) electrons. The molecule has 0 aliphatic heterocycles. The molecule has 0 saturated carbocycles. The van der Waals surface area contributed by atoms with Crippen LogP contribution in [0.3, 0.4) is 0 Å². The Labute approximate surface area is 114 Å². The van der Waals surface area contributed by atoms with Gasteiger partial charge in [0.05, 0.1) is 11.4 Å². The number of carbonyl (C=O) groups excluding carboxylic acids is 2. The van der Waals surface area contributed by atoms with Gasteiger partial charge in [-0.3, -0.25) is 19.7 Å². The van der Waals surface area contributed by atoms with Gasteiger partial charge in [0.15, 0.2) is 0 Å². The number of nitrogens with zero attached hydrogens (tertiary/aromatic N) is 1. The lowest BCUT2D eigenvalue weighted by Crippen LogP contribution is -2.30. The van der Waals surface area contributed by atoms with Crippen LogP contribution in [0.5, 0.6) is 0 Å². The maximum absolute atomic E-state index is 12.1. The van der Waals surface area contributed by atoms with E-state index in [4.69, 9.17) is 5.73 Å². The van der Waals surface area contributed by atoms with E-state index in [1.165, 1.54) is 16.0 Å². The Balaban J connectivity index is 0.00000162. The van der Waals surface area contributed by atoms with E-state index in [9.17, 15) is 9.59 Å². The van der Waals surface area contributed by atoms with Crippen LogP contribution < -0.4 is 11.2 Å². The summed E-state index contributed by atoms with van der Waals surface area (Å²) in [5.41, 5.74) is 8.13. The smallest absolute Gasteiger partial charge is 0.252 e. The summed E-state index contributed by atoms with van der Waals surface area (Å²) in [6.45, 7) is -0.120. The Morgan fingerprint density at radius 3 is 2.72 bits per heavy atom. The summed E-state index contributed by atoms with van der Waals surface area (Å²) in [4.78, 5) is 23.9. The number of nitrogens with one attached hydrogen (secondary N) is 1. The molecule has 0 aliphatic carbocycles. The topological polar surface area (TPSA) is 77.1 Å². The number of nitrogens with two attached hydrogens (primary N) is 1. The highest BCUT2D eigenvalue weighted by Crippen LogP contribution is 2.14. The highest BCUT2D eigenvalue weighted by molar-refractivity contribution is 7.12. The van der Waals surface area contributed by atoms with Crippen molar-refractivity contribution >= 4 is 35.4 Å². The number of amides is 1. The van der Waals surface area contributed by atoms with E-state index in [1.54, 1.807) is 24.4 Å². The molecule has 0 spiro atoms. The zero-order valence-corrected chi connectivity index (χ0v) is 11.0. The molecule has 2 rings (SSSR count). The van der Waals surface area contributed by atoms with Crippen LogP contribution in [0.25, 0.3) is 0 Å². The summed E-state index contributed by atoms with van der Waals surface area (Å²) in [5, 5.41) is 1.83. The van der Waals surface area contributed by atoms with E-state index in [-0.39, 0.29) is 30.6 Å². The quantitative estimate of drug-likeness (QED) is 0.830. The Kier molecular flexibility index (Phi) is 5.08. The Morgan fingerprint density at radius 2 is 2.11 bits per heavy atom. The second-order valence-electron chi connectivity index (χ2n) is 3.31. The number of halogens is 1. The normalized spacial score (nSPS) is 9.61. The average molecular weight is 286 g/mol. The fourth-order valence-electron chi connectivity index (χ4n) is 1.38. The summed E-state index contributed by atoms with van der Waals surface area (Å²) in [6, 6.07) is 6.90. The van der Waals surface area contributed by atoms with E-state index in [0.717, 1.165) is 0 Å². The van der Waals surface area contributed by atoms with Crippen LogP contribution in [0.2, 0.25) is 0 Å². The van der Waals surface area contributed by atoms with Crippen LogP contribution in [-0.4, -0.2) is 22.9 Å². The third-order valence-electron chi connectivity index (χ3n) is 2.16. The first-order valence-electron chi connectivity index (χ1n) is 4.98. The van der Waals surface area contributed by atoms with Gasteiger partial charge in [0, 0.05) is 6.20 Å². The molecule has 2 heterocycles. The second-order valence-corrected chi connectivity index (χ2v) is 4.26. The summed E-state index contributed by atoms with van der Waals surface area (Å²) in [6.07, 6.45) is 1.61. The minimum absolute atomic E-state index is 0. The maximum Gasteiger partial charge on any atom is 0.252 e. The average Bonchev–Trinajstić information content (AvgIpc) is 2.98. The zero-order valence-electron chi connectivity index (χ0n) is 9.33. The Bertz CT molecular complexity index is 536. The molecular weight excluding hydrogens is 274 g/mol. The van der Waals surface area contributed by atoms with Gasteiger partial charge in [0.2, 0.25) is 5.78 Å². The number of thiophene rings is 1. The molecular formula is C11H12ClN3O2S. The molecule has 18 heavy (non-hydrogen) atoms. The van der Waals surface area contributed by atoms with Crippen LogP contribution in [0.1, 0.15) is 15.4 Å². The summed E-state index contributed by atoms with van der Waals surface area (Å²) < 4.78 is 1.39. The minimum Gasteiger partial charge on any atom is -0.322 e. The highest BCUT2D eigenvalue weighted by Gasteiger charge is 2.14. The van der Waals surface area contributed by atoms with Gasteiger partial charge in [-0.05, 0) is 23.6 Å². The molecule has 0 aliphatic rings. The van der Waals surface area contributed by atoms with Gasteiger partial charge in [-0.1, -0.05) is 6.07 Å². The molecule has 0 bridgehead atoms. The van der Waals surface area contributed by atoms with Crippen molar-refractivity contribution in [1.82, 2.24) is 4.68 Å². The van der Waals surface area contributed by atoms with Crippen LogP contribution in [-0.2, 0) is 4.79 Å². The van der Waals surface area contributed by atoms with Gasteiger partial charge in [-0.15, -0.1) is 23.7 Å². The Morgan fingerprint density at radius 1 is 1.33 bits per heavy atom. The van der Waals surface area contributed by atoms with Crippen molar-refractivity contribution in [2.24, 2.45) is 5.73 Å². The van der Waals surface area contributed by atoms with E-state index in [1.807, 2.05) is 11.4 Å². The van der Waals surface area contributed by atoms with Gasteiger partial charge >= 0.3 is 0 Å². The molecule has 1 amide bonds. The summed E-state index contributed by atoms with van der Waals surface area (Å²) in [7, 11) is 0. The SMILES string of the molecule is Cl.NCC(=O)Nn1cccc1C(=O)c1cccs1. The lowest BCUT2D eigenvalue weighted by atomic mass is 10.2. The first-order valence-corrected chi connectivity index (χ1v) is 5.86. The number of aromatic nitrogens is 1. The fourth-order valence-corrected chi connectivity index (χ4v) is 2.05. The van der Waals surface area contributed by atoms with Crippen molar-refractivity contribution in [3.63, 3.8) is 0 Å². The standard InChI is InChI=1S/C11H11N3O2S.ClH/c12-7-10(15)13-14-5-1-3-8(14)11(16)9-4-2-6-17-9;/h1-6H,7,12H2,(H,13,15);1H. The first-order chi connectivity index (χ1) is 8.22. The lowest BCUT2D eigenvalue weighted by molar-refractivity contribution is -0.115. The molecule has 3 N–H and O–H groups in total.